The maximum atomic E-state index is 11.2. The Kier molecular flexibility index (Phi) is 3.74. The highest BCUT2D eigenvalue weighted by molar-refractivity contribution is 6.23. The van der Waals surface area contributed by atoms with Gasteiger partial charge in [-0.25, -0.2) is 4.39 Å². The first-order valence-electron chi connectivity index (χ1n) is 2.10. The minimum atomic E-state index is -0.775. The zero-order valence-electron chi connectivity index (χ0n) is 4.19. The first-order valence-corrected chi connectivity index (χ1v) is 2.10. The second-order valence-electron chi connectivity index (χ2n) is 1.10. The van der Waals surface area contributed by atoms with Crippen LogP contribution in [0.15, 0.2) is 0 Å². The van der Waals surface area contributed by atoms with Gasteiger partial charge in [-0.1, -0.05) is 0 Å². The molecule has 0 radical (unpaired) electrons. The van der Waals surface area contributed by atoms with Gasteiger partial charge in [0.05, 0.1) is 0 Å². The van der Waals surface area contributed by atoms with Gasteiger partial charge in [-0.2, -0.15) is 0 Å². The number of aldehydes is 1. The Bertz CT molecular complexity index is 94.0. The van der Waals surface area contributed by atoms with Gasteiger partial charge in [0.25, 0.3) is 5.91 Å². The topological polar surface area (TPSA) is 46.2 Å². The highest BCUT2D eigenvalue weighted by Crippen LogP contribution is 1.61. The molecule has 0 rings (SSSR count). The molecule has 0 fully saturated rings. The zero-order chi connectivity index (χ0) is 6.41. The molecule has 0 aromatic carbocycles. The van der Waals surface area contributed by atoms with Crippen LogP contribution >= 0.6 is 0 Å². The first kappa shape index (κ1) is 7.07. The lowest BCUT2D eigenvalue weighted by atomic mass is 10.6. The number of carbonyl (C=O) groups is 2. The van der Waals surface area contributed by atoms with Crippen LogP contribution in [0.3, 0.4) is 0 Å². The lowest BCUT2D eigenvalue weighted by molar-refractivity contribution is -0.131. The van der Waals surface area contributed by atoms with Crippen molar-refractivity contribution in [3.8, 4) is 0 Å². The fraction of sp³-hybridized carbons (Fsp3) is 0.500. The summed E-state index contributed by atoms with van der Waals surface area (Å²) < 4.78 is 11.2. The van der Waals surface area contributed by atoms with Crippen LogP contribution < -0.4 is 5.32 Å². The van der Waals surface area contributed by atoms with Gasteiger partial charge in [-0.3, -0.25) is 9.59 Å². The normalized spacial score (nSPS) is 8.12. The second-order valence-corrected chi connectivity index (χ2v) is 1.10. The fourth-order valence-corrected chi connectivity index (χ4v) is 0.212. The van der Waals surface area contributed by atoms with Crippen molar-refractivity contribution < 1.29 is 14.0 Å². The number of hydrogen-bond donors (Lipinski definition) is 1. The molecule has 0 heterocycles. The van der Waals surface area contributed by atoms with E-state index in [9.17, 15) is 14.0 Å². The molecule has 3 nitrogen and oxygen atoms in total. The van der Waals surface area contributed by atoms with Crippen molar-refractivity contribution in [1.29, 1.82) is 0 Å². The Hall–Kier alpha value is -0.930. The number of nitrogens with one attached hydrogen (secondary N) is 1. The Morgan fingerprint density at radius 2 is 2.38 bits per heavy atom. The van der Waals surface area contributed by atoms with Crippen molar-refractivity contribution >= 4 is 12.2 Å². The zero-order valence-corrected chi connectivity index (χ0v) is 4.19. The molecule has 1 N–H and O–H groups in total. The van der Waals surface area contributed by atoms with Gasteiger partial charge in [0.1, 0.15) is 6.67 Å². The maximum absolute atomic E-state index is 11.2. The van der Waals surface area contributed by atoms with Gasteiger partial charge in [-0.15, -0.1) is 0 Å². The summed E-state index contributed by atoms with van der Waals surface area (Å²) in [7, 11) is 0. The number of alkyl halides is 1. The third-order valence-electron chi connectivity index (χ3n) is 0.501. The van der Waals surface area contributed by atoms with E-state index in [1.54, 1.807) is 0 Å². The predicted molar refractivity (Wildman–Crippen MR) is 25.0 cm³/mol. The third kappa shape index (κ3) is 3.27. The molecular weight excluding hydrogens is 112 g/mol. The summed E-state index contributed by atoms with van der Waals surface area (Å²) in [5.74, 6) is -0.775. The molecule has 0 aromatic rings. The summed E-state index contributed by atoms with van der Waals surface area (Å²) in [5.41, 5.74) is 0. The third-order valence-corrected chi connectivity index (χ3v) is 0.501. The molecule has 4 heteroatoms. The highest BCUT2D eigenvalue weighted by Gasteiger charge is 1.92. The number of halogens is 1. The van der Waals surface area contributed by atoms with Gasteiger partial charge in [0.2, 0.25) is 6.29 Å². The average molecular weight is 118 g/mol. The van der Waals surface area contributed by atoms with Crippen molar-refractivity contribution in [2.24, 2.45) is 0 Å². The van der Waals surface area contributed by atoms with Gasteiger partial charge >= 0.3 is 0 Å². The maximum Gasteiger partial charge on any atom is 0.284 e. The van der Waals surface area contributed by atoms with Gasteiger partial charge in [0.15, 0.2) is 0 Å². The minimum absolute atomic E-state index is 0.0857. The van der Waals surface area contributed by atoms with E-state index in [1.807, 2.05) is 5.32 Å². The van der Waals surface area contributed by atoms with Crippen LogP contribution in [0.4, 0.5) is 4.39 Å². The molecule has 46 valence electrons. The van der Waals surface area contributed by atoms with E-state index in [2.05, 4.69) is 0 Å². The standard InChI is InChI=1S/C4H6FNO2/c5-1-2-6-4(8)3-7/h3H,1-2H2,(H,6,8)/i5-1. The van der Waals surface area contributed by atoms with Crippen molar-refractivity contribution in [3.05, 3.63) is 0 Å². The smallest absolute Gasteiger partial charge is 0.284 e. The summed E-state index contributed by atoms with van der Waals surface area (Å²) >= 11 is 0. The molecule has 0 saturated carbocycles. The van der Waals surface area contributed by atoms with E-state index in [0.29, 0.717) is 0 Å². The summed E-state index contributed by atoms with van der Waals surface area (Å²) in [5, 5.41) is 2.00. The molecule has 0 aliphatic heterocycles. The number of carbonyl (C=O) groups excluding carboxylic acids is 2. The molecule has 0 unspecified atom stereocenters. The van der Waals surface area contributed by atoms with Crippen LogP contribution in [0.2, 0.25) is 0 Å². The summed E-state index contributed by atoms with van der Waals surface area (Å²) in [6, 6.07) is 0. The van der Waals surface area contributed by atoms with Gasteiger partial charge < -0.3 is 5.32 Å². The van der Waals surface area contributed by atoms with Crippen molar-refractivity contribution in [2.45, 2.75) is 0 Å². The minimum Gasteiger partial charge on any atom is -0.347 e. The van der Waals surface area contributed by atoms with E-state index < -0.39 is 12.6 Å². The van der Waals surface area contributed by atoms with E-state index in [0.717, 1.165) is 0 Å². The molecule has 0 spiro atoms. The van der Waals surface area contributed by atoms with E-state index in [-0.39, 0.29) is 12.8 Å². The molecule has 0 bridgehead atoms. The van der Waals surface area contributed by atoms with E-state index in [4.69, 9.17) is 0 Å². The number of hydrogen-bond acceptors (Lipinski definition) is 2. The summed E-state index contributed by atoms with van der Waals surface area (Å²) in [6.07, 6.45) is 0.107. The van der Waals surface area contributed by atoms with Gasteiger partial charge in [-0.05, 0) is 0 Å². The molecular formula is C4H6FNO2. The highest BCUT2D eigenvalue weighted by atomic mass is 18.2. The fourth-order valence-electron chi connectivity index (χ4n) is 0.212. The van der Waals surface area contributed by atoms with Crippen LogP contribution in [0.1, 0.15) is 0 Å². The van der Waals surface area contributed by atoms with E-state index in [1.165, 1.54) is 0 Å². The Balaban J connectivity index is 3.11. The van der Waals surface area contributed by atoms with Crippen molar-refractivity contribution in [1.82, 2.24) is 5.32 Å². The molecule has 8 heavy (non-hydrogen) atoms. The van der Waals surface area contributed by atoms with Crippen molar-refractivity contribution in [3.63, 3.8) is 0 Å². The van der Waals surface area contributed by atoms with Gasteiger partial charge in [0, 0.05) is 6.54 Å². The van der Waals surface area contributed by atoms with Crippen molar-refractivity contribution in [2.75, 3.05) is 13.2 Å². The van der Waals surface area contributed by atoms with Crippen LogP contribution in [0, 0.1) is 0 Å². The lowest BCUT2D eigenvalue weighted by Gasteiger charge is -1.90. The second kappa shape index (κ2) is 4.23. The SMILES string of the molecule is O=CC(=O)NCC[18F]. The van der Waals surface area contributed by atoms with Crippen LogP contribution in [-0.4, -0.2) is 25.4 Å². The Morgan fingerprint density at radius 1 is 1.75 bits per heavy atom. The largest absolute Gasteiger partial charge is 0.347 e. The summed E-state index contributed by atoms with van der Waals surface area (Å²) in [4.78, 5) is 19.4. The average Bonchev–Trinajstić information content (AvgIpc) is 1.83. The predicted octanol–water partition coefficient (Wildman–Crippen LogP) is -0.729. The molecule has 0 aliphatic rings. The monoisotopic (exact) mass is 118 g/mol. The van der Waals surface area contributed by atoms with Crippen LogP contribution in [0.5, 0.6) is 0 Å². The Morgan fingerprint density at radius 3 is 2.75 bits per heavy atom. The van der Waals surface area contributed by atoms with E-state index >= 15 is 0 Å². The van der Waals surface area contributed by atoms with Crippen LogP contribution in [0.25, 0.3) is 0 Å². The lowest BCUT2D eigenvalue weighted by Crippen LogP contribution is -2.25. The molecule has 0 aliphatic carbocycles. The number of rotatable bonds is 3. The molecule has 0 aromatic heterocycles. The van der Waals surface area contributed by atoms with Crippen LogP contribution in [-0.2, 0) is 9.59 Å². The quantitative estimate of drug-likeness (QED) is 0.392. The molecule has 1 amide bonds. The molecule has 0 atom stereocenters. The first-order chi connectivity index (χ1) is 3.81. The Labute approximate surface area is 45.9 Å². The molecule has 0 saturated heterocycles. The summed E-state index contributed by atoms with van der Waals surface area (Å²) in [6.45, 7) is -0.725. The number of amides is 1.